The van der Waals surface area contributed by atoms with Crippen molar-refractivity contribution >= 4 is 28.8 Å². The SMILES string of the molecule is CCCn1c(=O)c2c(nc3n2C(C)C(C)=NN3CC(=O)OCC)n(C)c1=O. The van der Waals surface area contributed by atoms with Gasteiger partial charge in [0.2, 0.25) is 5.95 Å². The second-order valence-electron chi connectivity index (χ2n) is 6.53. The lowest BCUT2D eigenvalue weighted by atomic mass is 10.2. The van der Waals surface area contributed by atoms with Gasteiger partial charge in [0.25, 0.3) is 5.56 Å². The van der Waals surface area contributed by atoms with Gasteiger partial charge < -0.3 is 4.74 Å². The fraction of sp³-hybridized carbons (Fsp3) is 0.588. The molecule has 3 heterocycles. The third-order valence-corrected chi connectivity index (χ3v) is 4.69. The van der Waals surface area contributed by atoms with E-state index in [4.69, 9.17) is 4.74 Å². The van der Waals surface area contributed by atoms with E-state index in [1.807, 2.05) is 20.8 Å². The van der Waals surface area contributed by atoms with E-state index in [-0.39, 0.29) is 30.4 Å². The van der Waals surface area contributed by atoms with Crippen LogP contribution in [0.15, 0.2) is 14.7 Å². The molecule has 1 atom stereocenters. The number of fused-ring (bicyclic) bond motifs is 3. The predicted molar refractivity (Wildman–Crippen MR) is 101 cm³/mol. The van der Waals surface area contributed by atoms with Gasteiger partial charge in [0.05, 0.1) is 18.4 Å². The summed E-state index contributed by atoms with van der Waals surface area (Å²) in [6.07, 6.45) is 0.659. The van der Waals surface area contributed by atoms with Gasteiger partial charge >= 0.3 is 11.7 Å². The van der Waals surface area contributed by atoms with E-state index in [2.05, 4.69) is 10.1 Å². The number of hydrogen-bond acceptors (Lipinski definition) is 7. The summed E-state index contributed by atoms with van der Waals surface area (Å²) in [5, 5.41) is 5.85. The van der Waals surface area contributed by atoms with Gasteiger partial charge in [0.15, 0.2) is 11.2 Å². The largest absolute Gasteiger partial charge is 0.465 e. The van der Waals surface area contributed by atoms with E-state index in [0.29, 0.717) is 24.4 Å². The maximum Gasteiger partial charge on any atom is 0.332 e. The number of esters is 1. The van der Waals surface area contributed by atoms with Crippen molar-refractivity contribution in [3.63, 3.8) is 0 Å². The minimum absolute atomic E-state index is 0.127. The number of carbonyl (C=O) groups is 1. The lowest BCUT2D eigenvalue weighted by Gasteiger charge is -2.28. The number of carbonyl (C=O) groups excluding carboxylic acids is 1. The highest BCUT2D eigenvalue weighted by atomic mass is 16.5. The van der Waals surface area contributed by atoms with Crippen molar-refractivity contribution in [2.75, 3.05) is 18.2 Å². The molecule has 1 aliphatic rings. The van der Waals surface area contributed by atoms with Crippen LogP contribution in [0.25, 0.3) is 11.2 Å². The summed E-state index contributed by atoms with van der Waals surface area (Å²) in [6, 6.07) is -0.233. The zero-order valence-electron chi connectivity index (χ0n) is 16.2. The van der Waals surface area contributed by atoms with Crippen LogP contribution in [0, 0.1) is 0 Å². The number of nitrogens with zero attached hydrogens (tertiary/aromatic N) is 6. The fourth-order valence-corrected chi connectivity index (χ4v) is 3.24. The average Bonchev–Trinajstić information content (AvgIpc) is 3.03. The van der Waals surface area contributed by atoms with Crippen molar-refractivity contribution in [3.8, 4) is 0 Å². The van der Waals surface area contributed by atoms with Crippen LogP contribution in [0.5, 0.6) is 0 Å². The maximum atomic E-state index is 13.0. The van der Waals surface area contributed by atoms with E-state index in [9.17, 15) is 14.4 Å². The Balaban J connectivity index is 2.28. The molecule has 10 nitrogen and oxygen atoms in total. The number of anilines is 1. The molecule has 0 fully saturated rings. The molecule has 3 rings (SSSR count). The van der Waals surface area contributed by atoms with Crippen LogP contribution in [0.4, 0.5) is 5.95 Å². The van der Waals surface area contributed by atoms with Crippen LogP contribution >= 0.6 is 0 Å². The average molecular weight is 376 g/mol. The zero-order valence-corrected chi connectivity index (χ0v) is 16.2. The summed E-state index contributed by atoms with van der Waals surface area (Å²) in [5.74, 6) is -0.100. The van der Waals surface area contributed by atoms with Gasteiger partial charge in [0, 0.05) is 13.6 Å². The van der Waals surface area contributed by atoms with Gasteiger partial charge in [-0.2, -0.15) is 10.1 Å². The van der Waals surface area contributed by atoms with Crippen molar-refractivity contribution < 1.29 is 9.53 Å². The third kappa shape index (κ3) is 2.94. The normalized spacial score (nSPS) is 16.4. The number of aromatic nitrogens is 4. The Labute approximate surface area is 155 Å². The monoisotopic (exact) mass is 376 g/mol. The standard InChI is InChI=1S/C17H24N6O4/c1-6-8-21-15(25)13-14(20(5)17(21)26)18-16-22(9-12(24)27-7-2)19-10(3)11(4)23(13)16/h11H,6-9H2,1-5H3. The van der Waals surface area contributed by atoms with Crippen LogP contribution in [-0.2, 0) is 23.1 Å². The number of aryl methyl sites for hydroxylation is 1. The van der Waals surface area contributed by atoms with Crippen LogP contribution in [0.3, 0.4) is 0 Å². The fourth-order valence-electron chi connectivity index (χ4n) is 3.24. The van der Waals surface area contributed by atoms with Crippen LogP contribution in [0.1, 0.15) is 40.2 Å². The number of hydrazone groups is 1. The molecule has 0 saturated heterocycles. The summed E-state index contributed by atoms with van der Waals surface area (Å²) in [5.41, 5.74) is 0.536. The molecule has 10 heteroatoms. The highest BCUT2D eigenvalue weighted by Crippen LogP contribution is 2.29. The van der Waals surface area contributed by atoms with Crippen molar-refractivity contribution in [2.24, 2.45) is 12.1 Å². The zero-order chi connectivity index (χ0) is 19.9. The molecule has 27 heavy (non-hydrogen) atoms. The molecule has 2 aromatic rings. The molecular formula is C17H24N6O4. The molecule has 0 spiro atoms. The van der Waals surface area contributed by atoms with Gasteiger partial charge in [-0.3, -0.25) is 23.3 Å². The second kappa shape index (κ2) is 7.01. The van der Waals surface area contributed by atoms with Crippen molar-refractivity contribution in [2.45, 2.75) is 46.7 Å². The van der Waals surface area contributed by atoms with Crippen molar-refractivity contribution in [1.82, 2.24) is 18.7 Å². The van der Waals surface area contributed by atoms with Crippen molar-refractivity contribution in [1.29, 1.82) is 0 Å². The van der Waals surface area contributed by atoms with E-state index in [0.717, 1.165) is 5.71 Å². The van der Waals surface area contributed by atoms with E-state index in [1.54, 1.807) is 18.5 Å². The predicted octanol–water partition coefficient (Wildman–Crippen LogP) is 0.627. The molecule has 0 bridgehead atoms. The minimum Gasteiger partial charge on any atom is -0.465 e. The van der Waals surface area contributed by atoms with Gasteiger partial charge in [-0.05, 0) is 27.2 Å². The molecule has 0 amide bonds. The lowest BCUT2D eigenvalue weighted by Crippen LogP contribution is -2.40. The molecule has 0 aromatic carbocycles. The third-order valence-electron chi connectivity index (χ3n) is 4.69. The Kier molecular flexibility index (Phi) is 4.90. The Morgan fingerprint density at radius 2 is 1.96 bits per heavy atom. The summed E-state index contributed by atoms with van der Waals surface area (Å²) in [6.45, 7) is 7.82. The van der Waals surface area contributed by atoms with Crippen molar-refractivity contribution in [3.05, 3.63) is 20.8 Å². The molecular weight excluding hydrogens is 352 g/mol. The smallest absolute Gasteiger partial charge is 0.332 e. The van der Waals surface area contributed by atoms with Gasteiger partial charge in [-0.25, -0.2) is 9.80 Å². The molecule has 0 saturated carbocycles. The summed E-state index contributed by atoms with van der Waals surface area (Å²) >= 11 is 0. The Hall–Kier alpha value is -2.91. The molecule has 146 valence electrons. The molecule has 0 N–H and O–H groups in total. The molecule has 1 aliphatic heterocycles. The van der Waals surface area contributed by atoms with Gasteiger partial charge in [0.1, 0.15) is 6.54 Å². The Bertz CT molecular complexity index is 1040. The maximum absolute atomic E-state index is 13.0. The lowest BCUT2D eigenvalue weighted by molar-refractivity contribution is -0.141. The van der Waals surface area contributed by atoms with E-state index < -0.39 is 11.7 Å². The quantitative estimate of drug-likeness (QED) is 0.709. The van der Waals surface area contributed by atoms with Crippen LogP contribution < -0.4 is 16.3 Å². The van der Waals surface area contributed by atoms with Crippen LogP contribution in [0.2, 0.25) is 0 Å². The second-order valence-corrected chi connectivity index (χ2v) is 6.53. The van der Waals surface area contributed by atoms with E-state index >= 15 is 0 Å². The van der Waals surface area contributed by atoms with Gasteiger partial charge in [-0.15, -0.1) is 0 Å². The first-order valence-electron chi connectivity index (χ1n) is 9.01. The summed E-state index contributed by atoms with van der Waals surface area (Å²) < 4.78 is 9.33. The summed E-state index contributed by atoms with van der Waals surface area (Å²) in [4.78, 5) is 42.0. The molecule has 0 aliphatic carbocycles. The van der Waals surface area contributed by atoms with E-state index in [1.165, 1.54) is 14.1 Å². The number of rotatable bonds is 5. The molecule has 1 unspecified atom stereocenters. The number of hydrogen-bond donors (Lipinski definition) is 0. The highest BCUT2D eigenvalue weighted by Gasteiger charge is 2.31. The highest BCUT2D eigenvalue weighted by molar-refractivity contribution is 5.92. The molecule has 0 radical (unpaired) electrons. The molecule has 2 aromatic heterocycles. The Morgan fingerprint density at radius 3 is 2.59 bits per heavy atom. The minimum atomic E-state index is -0.445. The summed E-state index contributed by atoms with van der Waals surface area (Å²) in [7, 11) is 1.59. The first-order chi connectivity index (χ1) is 12.8. The first kappa shape index (κ1) is 18.9. The first-order valence-corrected chi connectivity index (χ1v) is 9.01. The number of imidazole rings is 1. The number of ether oxygens (including phenoxy) is 1. The Morgan fingerprint density at radius 1 is 1.26 bits per heavy atom. The van der Waals surface area contributed by atoms with Gasteiger partial charge in [-0.1, -0.05) is 6.92 Å². The topological polar surface area (TPSA) is 104 Å². The van der Waals surface area contributed by atoms with Crippen LogP contribution in [-0.4, -0.2) is 43.5 Å².